The molecular formula is C13H22N6O. The molecule has 110 valence electrons. The summed E-state index contributed by atoms with van der Waals surface area (Å²) in [6, 6.07) is 1.94. The second-order valence-corrected chi connectivity index (χ2v) is 4.81. The monoisotopic (exact) mass is 278 g/mol. The zero-order valence-electron chi connectivity index (χ0n) is 12.1. The quantitative estimate of drug-likeness (QED) is 0.586. The number of carbonyl (C=O) groups is 1. The maximum absolute atomic E-state index is 11.9. The number of amides is 1. The van der Waals surface area contributed by atoms with Crippen LogP contribution in [-0.2, 0) is 18.4 Å². The topological polar surface area (TPSA) is 74.6 Å². The molecule has 20 heavy (non-hydrogen) atoms. The Morgan fingerprint density at radius 3 is 2.75 bits per heavy atom. The van der Waals surface area contributed by atoms with Crippen molar-refractivity contribution in [2.24, 2.45) is 12.0 Å². The van der Waals surface area contributed by atoms with Crippen LogP contribution in [0.15, 0.2) is 17.3 Å². The van der Waals surface area contributed by atoms with Gasteiger partial charge in [0, 0.05) is 33.4 Å². The van der Waals surface area contributed by atoms with E-state index >= 15 is 0 Å². The SMILES string of the molecule is CN=C(NCC(=O)N1CCCC1)NCc1ccnn1C. The number of nitrogens with zero attached hydrogens (tertiary/aromatic N) is 4. The van der Waals surface area contributed by atoms with E-state index in [1.165, 1.54) is 0 Å². The summed E-state index contributed by atoms with van der Waals surface area (Å²) >= 11 is 0. The Kier molecular flexibility index (Phi) is 4.97. The summed E-state index contributed by atoms with van der Waals surface area (Å²) in [5.74, 6) is 0.754. The molecule has 2 N–H and O–H groups in total. The summed E-state index contributed by atoms with van der Waals surface area (Å²) in [5.41, 5.74) is 1.05. The molecule has 1 saturated heterocycles. The molecule has 1 amide bonds. The summed E-state index contributed by atoms with van der Waals surface area (Å²) in [5, 5.41) is 10.3. The molecule has 1 aromatic heterocycles. The Bertz CT molecular complexity index is 475. The summed E-state index contributed by atoms with van der Waals surface area (Å²) in [6.45, 7) is 2.66. The van der Waals surface area contributed by atoms with E-state index in [4.69, 9.17) is 0 Å². The predicted octanol–water partition coefficient (Wildman–Crippen LogP) is -0.292. The molecule has 0 radical (unpaired) electrons. The van der Waals surface area contributed by atoms with Crippen molar-refractivity contribution in [2.45, 2.75) is 19.4 Å². The van der Waals surface area contributed by atoms with Crippen LogP contribution in [0.1, 0.15) is 18.5 Å². The fraction of sp³-hybridized carbons (Fsp3) is 0.615. The summed E-state index contributed by atoms with van der Waals surface area (Å²) < 4.78 is 1.80. The Morgan fingerprint density at radius 2 is 2.15 bits per heavy atom. The van der Waals surface area contributed by atoms with E-state index in [9.17, 15) is 4.79 Å². The average molecular weight is 278 g/mol. The first-order chi connectivity index (χ1) is 9.70. The highest BCUT2D eigenvalue weighted by Gasteiger charge is 2.17. The first-order valence-electron chi connectivity index (χ1n) is 6.90. The fourth-order valence-electron chi connectivity index (χ4n) is 2.21. The van der Waals surface area contributed by atoms with Crippen LogP contribution in [-0.4, -0.2) is 53.2 Å². The van der Waals surface area contributed by atoms with Gasteiger partial charge in [-0.05, 0) is 18.9 Å². The van der Waals surface area contributed by atoms with Crippen LogP contribution in [0.4, 0.5) is 0 Å². The lowest BCUT2D eigenvalue weighted by Gasteiger charge is -2.17. The fourth-order valence-corrected chi connectivity index (χ4v) is 2.21. The normalized spacial score (nSPS) is 15.5. The molecule has 0 saturated carbocycles. The third-order valence-corrected chi connectivity index (χ3v) is 3.45. The first kappa shape index (κ1) is 14.4. The van der Waals surface area contributed by atoms with E-state index in [1.54, 1.807) is 17.9 Å². The van der Waals surface area contributed by atoms with Gasteiger partial charge in [-0.1, -0.05) is 0 Å². The maximum atomic E-state index is 11.9. The van der Waals surface area contributed by atoms with E-state index in [-0.39, 0.29) is 12.5 Å². The van der Waals surface area contributed by atoms with E-state index in [0.29, 0.717) is 12.5 Å². The van der Waals surface area contributed by atoms with Crippen LogP contribution in [0, 0.1) is 0 Å². The third-order valence-electron chi connectivity index (χ3n) is 3.45. The molecule has 1 aromatic rings. The van der Waals surface area contributed by atoms with Crippen molar-refractivity contribution in [3.8, 4) is 0 Å². The number of aryl methyl sites for hydroxylation is 1. The van der Waals surface area contributed by atoms with Crippen molar-refractivity contribution < 1.29 is 4.79 Å². The van der Waals surface area contributed by atoms with Gasteiger partial charge in [-0.15, -0.1) is 0 Å². The molecule has 0 spiro atoms. The van der Waals surface area contributed by atoms with Crippen molar-refractivity contribution in [1.82, 2.24) is 25.3 Å². The lowest BCUT2D eigenvalue weighted by atomic mass is 10.4. The largest absolute Gasteiger partial charge is 0.351 e. The number of hydrogen-bond acceptors (Lipinski definition) is 3. The number of hydrogen-bond donors (Lipinski definition) is 2. The molecule has 0 aliphatic carbocycles. The van der Waals surface area contributed by atoms with E-state index in [2.05, 4.69) is 20.7 Å². The van der Waals surface area contributed by atoms with E-state index in [1.807, 2.05) is 18.0 Å². The van der Waals surface area contributed by atoms with Crippen LogP contribution in [0.25, 0.3) is 0 Å². The molecule has 2 heterocycles. The minimum atomic E-state index is 0.131. The second-order valence-electron chi connectivity index (χ2n) is 4.81. The number of rotatable bonds is 4. The summed E-state index contributed by atoms with van der Waals surface area (Å²) in [4.78, 5) is 17.9. The average Bonchev–Trinajstić information content (AvgIpc) is 3.10. The molecule has 1 aliphatic heterocycles. The molecule has 1 aliphatic rings. The van der Waals surface area contributed by atoms with Crippen LogP contribution in [0.5, 0.6) is 0 Å². The second kappa shape index (κ2) is 6.93. The summed E-state index contributed by atoms with van der Waals surface area (Å²) in [6.07, 6.45) is 3.97. The standard InChI is InChI=1S/C13H22N6O/c1-14-13(15-9-11-5-6-17-18(11)2)16-10-12(20)19-7-3-4-8-19/h5-6H,3-4,7-10H2,1-2H3,(H2,14,15,16). The minimum Gasteiger partial charge on any atom is -0.351 e. The van der Waals surface area contributed by atoms with Gasteiger partial charge in [0.05, 0.1) is 18.8 Å². The van der Waals surface area contributed by atoms with Gasteiger partial charge < -0.3 is 15.5 Å². The van der Waals surface area contributed by atoms with Crippen molar-refractivity contribution in [1.29, 1.82) is 0 Å². The third kappa shape index (κ3) is 3.72. The van der Waals surface area contributed by atoms with Gasteiger partial charge >= 0.3 is 0 Å². The molecule has 0 atom stereocenters. The highest BCUT2D eigenvalue weighted by atomic mass is 16.2. The number of aromatic nitrogens is 2. The molecule has 2 rings (SSSR count). The number of likely N-dealkylation sites (tertiary alicyclic amines) is 1. The zero-order chi connectivity index (χ0) is 14.4. The Labute approximate surface area is 119 Å². The maximum Gasteiger partial charge on any atom is 0.241 e. The van der Waals surface area contributed by atoms with Gasteiger partial charge in [-0.2, -0.15) is 5.10 Å². The van der Waals surface area contributed by atoms with Gasteiger partial charge in [0.25, 0.3) is 0 Å². The number of guanidine groups is 1. The van der Waals surface area contributed by atoms with Gasteiger partial charge in [0.2, 0.25) is 5.91 Å². The number of carbonyl (C=O) groups excluding carboxylic acids is 1. The molecule has 7 nitrogen and oxygen atoms in total. The predicted molar refractivity (Wildman–Crippen MR) is 77.2 cm³/mol. The van der Waals surface area contributed by atoms with Crippen LogP contribution in [0.2, 0.25) is 0 Å². The van der Waals surface area contributed by atoms with Gasteiger partial charge in [-0.3, -0.25) is 14.5 Å². The number of nitrogens with one attached hydrogen (secondary N) is 2. The lowest BCUT2D eigenvalue weighted by molar-refractivity contribution is -0.128. The highest BCUT2D eigenvalue weighted by molar-refractivity contribution is 5.86. The molecular weight excluding hydrogens is 256 g/mol. The minimum absolute atomic E-state index is 0.131. The Balaban J connectivity index is 1.75. The zero-order valence-corrected chi connectivity index (χ0v) is 12.1. The Hall–Kier alpha value is -2.05. The molecule has 1 fully saturated rings. The van der Waals surface area contributed by atoms with E-state index < -0.39 is 0 Å². The Morgan fingerprint density at radius 1 is 1.40 bits per heavy atom. The van der Waals surface area contributed by atoms with Crippen LogP contribution in [0.3, 0.4) is 0 Å². The molecule has 7 heteroatoms. The van der Waals surface area contributed by atoms with Crippen molar-refractivity contribution in [2.75, 3.05) is 26.7 Å². The van der Waals surface area contributed by atoms with Gasteiger partial charge in [0.15, 0.2) is 5.96 Å². The van der Waals surface area contributed by atoms with Crippen molar-refractivity contribution in [3.05, 3.63) is 18.0 Å². The van der Waals surface area contributed by atoms with E-state index in [0.717, 1.165) is 31.6 Å². The molecule has 0 aromatic carbocycles. The highest BCUT2D eigenvalue weighted by Crippen LogP contribution is 2.06. The molecule has 0 bridgehead atoms. The lowest BCUT2D eigenvalue weighted by Crippen LogP contribution is -2.43. The first-order valence-corrected chi connectivity index (χ1v) is 6.90. The van der Waals surface area contributed by atoms with Crippen molar-refractivity contribution in [3.63, 3.8) is 0 Å². The van der Waals surface area contributed by atoms with Gasteiger partial charge in [-0.25, -0.2) is 0 Å². The molecule has 0 unspecified atom stereocenters. The van der Waals surface area contributed by atoms with Crippen LogP contribution < -0.4 is 10.6 Å². The summed E-state index contributed by atoms with van der Waals surface area (Å²) in [7, 11) is 3.59. The van der Waals surface area contributed by atoms with Gasteiger partial charge in [0.1, 0.15) is 0 Å². The van der Waals surface area contributed by atoms with Crippen molar-refractivity contribution >= 4 is 11.9 Å². The van der Waals surface area contributed by atoms with Crippen LogP contribution >= 0.6 is 0 Å². The number of aliphatic imine (C=N–C) groups is 1. The smallest absolute Gasteiger partial charge is 0.241 e.